The van der Waals surface area contributed by atoms with Crippen molar-refractivity contribution < 1.29 is 23.9 Å². The van der Waals surface area contributed by atoms with E-state index < -0.39 is 11.6 Å². The molecule has 1 N–H and O–H groups in total. The summed E-state index contributed by atoms with van der Waals surface area (Å²) in [5, 5.41) is 2.70. The molecule has 1 aliphatic heterocycles. The second-order valence-electron chi connectivity index (χ2n) is 5.75. The first kappa shape index (κ1) is 15.3. The first-order valence-electron chi connectivity index (χ1n) is 7.40. The Kier molecular flexibility index (Phi) is 3.71. The van der Waals surface area contributed by atoms with Crippen LogP contribution in [0.1, 0.15) is 29.6 Å². The molecule has 1 saturated carbocycles. The molecule has 1 aliphatic carbocycles. The van der Waals surface area contributed by atoms with E-state index in [-0.39, 0.29) is 18.2 Å². The lowest BCUT2D eigenvalue weighted by Crippen LogP contribution is -2.52. The number of rotatable bonds is 5. The fourth-order valence-corrected chi connectivity index (χ4v) is 2.93. The maximum absolute atomic E-state index is 12.4. The smallest absolute Gasteiger partial charge is 0.325 e. The van der Waals surface area contributed by atoms with E-state index in [2.05, 4.69) is 5.32 Å². The molecule has 1 heterocycles. The molecule has 23 heavy (non-hydrogen) atoms. The average Bonchev–Trinajstić information content (AvgIpc) is 2.78. The topological polar surface area (TPSA) is 84.9 Å². The highest BCUT2D eigenvalue weighted by atomic mass is 16.5. The summed E-state index contributed by atoms with van der Waals surface area (Å²) in [6, 6.07) is 4.24. The van der Waals surface area contributed by atoms with Gasteiger partial charge in [0, 0.05) is 5.56 Å². The van der Waals surface area contributed by atoms with Crippen LogP contribution in [0.15, 0.2) is 18.2 Å². The van der Waals surface area contributed by atoms with Gasteiger partial charge in [-0.1, -0.05) is 0 Å². The number of hydrogen-bond acceptors (Lipinski definition) is 5. The summed E-state index contributed by atoms with van der Waals surface area (Å²) in [6.45, 7) is -0.276. The van der Waals surface area contributed by atoms with Crippen molar-refractivity contribution in [3.63, 3.8) is 0 Å². The number of nitrogens with zero attached hydrogens (tertiary/aromatic N) is 1. The van der Waals surface area contributed by atoms with Crippen molar-refractivity contribution in [3.05, 3.63) is 23.8 Å². The lowest BCUT2D eigenvalue weighted by Gasteiger charge is -2.34. The first-order chi connectivity index (χ1) is 11.0. The van der Waals surface area contributed by atoms with E-state index in [1.807, 2.05) is 0 Å². The zero-order valence-electron chi connectivity index (χ0n) is 13.0. The fraction of sp³-hybridized carbons (Fsp3) is 0.438. The predicted octanol–water partition coefficient (Wildman–Crippen LogP) is 1.36. The number of urea groups is 1. The average molecular weight is 318 g/mol. The standard InChI is InChI=1S/C16H18N2O5/c1-22-12-5-4-10(8-13(12)23-2)11(19)9-18-14(20)16(6-3-7-16)17-15(18)21/h4-5,8H,3,6-7,9H2,1-2H3,(H,17,21). The number of benzene rings is 1. The molecule has 0 bridgehead atoms. The van der Waals surface area contributed by atoms with Crippen LogP contribution in [-0.2, 0) is 4.79 Å². The van der Waals surface area contributed by atoms with Crippen molar-refractivity contribution in [2.45, 2.75) is 24.8 Å². The van der Waals surface area contributed by atoms with Gasteiger partial charge in [0.2, 0.25) is 0 Å². The summed E-state index contributed by atoms with van der Waals surface area (Å²) >= 11 is 0. The molecule has 2 fully saturated rings. The van der Waals surface area contributed by atoms with Crippen LogP contribution < -0.4 is 14.8 Å². The van der Waals surface area contributed by atoms with Gasteiger partial charge in [-0.05, 0) is 37.5 Å². The van der Waals surface area contributed by atoms with Crippen LogP contribution in [0.2, 0.25) is 0 Å². The number of carbonyl (C=O) groups is 3. The number of amides is 3. The number of Topliss-reactive ketones (excluding diaryl/α,β-unsaturated/α-hetero) is 1. The molecule has 0 radical (unpaired) electrons. The molecule has 2 aliphatic rings. The zero-order chi connectivity index (χ0) is 16.6. The van der Waals surface area contributed by atoms with E-state index in [0.717, 1.165) is 11.3 Å². The number of imide groups is 1. The third-order valence-electron chi connectivity index (χ3n) is 4.46. The third kappa shape index (κ3) is 2.42. The van der Waals surface area contributed by atoms with Crippen LogP contribution in [0.3, 0.4) is 0 Å². The van der Waals surface area contributed by atoms with Gasteiger partial charge in [-0.2, -0.15) is 0 Å². The number of ether oxygens (including phenoxy) is 2. The van der Waals surface area contributed by atoms with Crippen molar-refractivity contribution in [1.82, 2.24) is 10.2 Å². The van der Waals surface area contributed by atoms with Gasteiger partial charge in [0.1, 0.15) is 5.54 Å². The molecule has 7 nitrogen and oxygen atoms in total. The first-order valence-corrected chi connectivity index (χ1v) is 7.40. The molecule has 1 aromatic rings. The van der Waals surface area contributed by atoms with Gasteiger partial charge in [0.05, 0.1) is 20.8 Å². The van der Waals surface area contributed by atoms with Gasteiger partial charge in [0.15, 0.2) is 17.3 Å². The lowest BCUT2D eigenvalue weighted by molar-refractivity contribution is -0.133. The Morgan fingerprint density at radius 3 is 2.43 bits per heavy atom. The quantitative estimate of drug-likeness (QED) is 0.654. The molecule has 0 unspecified atom stereocenters. The molecule has 3 rings (SSSR count). The maximum Gasteiger partial charge on any atom is 0.325 e. The monoisotopic (exact) mass is 318 g/mol. The zero-order valence-corrected chi connectivity index (χ0v) is 13.0. The minimum atomic E-state index is -0.769. The normalized spacial score (nSPS) is 18.6. The van der Waals surface area contributed by atoms with Gasteiger partial charge in [-0.3, -0.25) is 14.5 Å². The van der Waals surface area contributed by atoms with E-state index in [4.69, 9.17) is 9.47 Å². The molecule has 1 aromatic carbocycles. The van der Waals surface area contributed by atoms with Gasteiger partial charge >= 0.3 is 6.03 Å². The molecule has 3 amide bonds. The number of methoxy groups -OCH3 is 2. The minimum absolute atomic E-state index is 0.276. The van der Waals surface area contributed by atoms with Gasteiger partial charge in [-0.15, -0.1) is 0 Å². The van der Waals surface area contributed by atoms with Crippen molar-refractivity contribution in [3.8, 4) is 11.5 Å². The molecule has 0 atom stereocenters. The Bertz CT molecular complexity index is 681. The van der Waals surface area contributed by atoms with Crippen LogP contribution in [0.25, 0.3) is 0 Å². The van der Waals surface area contributed by atoms with E-state index in [1.165, 1.54) is 14.2 Å². The van der Waals surface area contributed by atoms with E-state index in [9.17, 15) is 14.4 Å². The Labute approximate surface area is 133 Å². The molecule has 7 heteroatoms. The molecule has 0 aromatic heterocycles. The fourth-order valence-electron chi connectivity index (χ4n) is 2.93. The van der Waals surface area contributed by atoms with E-state index >= 15 is 0 Å². The highest BCUT2D eigenvalue weighted by molar-refractivity contribution is 6.11. The molecule has 1 spiro atoms. The number of nitrogens with one attached hydrogen (secondary N) is 1. The van der Waals surface area contributed by atoms with Crippen molar-refractivity contribution in [2.24, 2.45) is 0 Å². The van der Waals surface area contributed by atoms with Gasteiger partial charge in [0.25, 0.3) is 5.91 Å². The second-order valence-corrected chi connectivity index (χ2v) is 5.75. The summed E-state index contributed by atoms with van der Waals surface area (Å²) in [7, 11) is 2.98. The second kappa shape index (κ2) is 5.57. The Balaban J connectivity index is 1.77. The van der Waals surface area contributed by atoms with Gasteiger partial charge < -0.3 is 14.8 Å². The Morgan fingerprint density at radius 2 is 1.91 bits per heavy atom. The van der Waals surface area contributed by atoms with E-state index in [0.29, 0.717) is 29.9 Å². The molecule has 122 valence electrons. The largest absolute Gasteiger partial charge is 0.493 e. The molecular weight excluding hydrogens is 300 g/mol. The molecular formula is C16H18N2O5. The predicted molar refractivity (Wildman–Crippen MR) is 80.7 cm³/mol. The summed E-state index contributed by atoms with van der Waals surface area (Å²) in [6.07, 6.45) is 2.18. The summed E-state index contributed by atoms with van der Waals surface area (Å²) in [4.78, 5) is 37.7. The highest BCUT2D eigenvalue weighted by Gasteiger charge is 2.54. The van der Waals surface area contributed by atoms with Crippen molar-refractivity contribution in [2.75, 3.05) is 20.8 Å². The molecule has 1 saturated heterocycles. The summed E-state index contributed by atoms with van der Waals surface area (Å²) < 4.78 is 10.3. The summed E-state index contributed by atoms with van der Waals surface area (Å²) in [5.41, 5.74) is -0.410. The number of hydrogen-bond donors (Lipinski definition) is 1. The minimum Gasteiger partial charge on any atom is -0.493 e. The maximum atomic E-state index is 12.4. The SMILES string of the molecule is COc1ccc(C(=O)CN2C(=O)NC3(CCC3)C2=O)cc1OC. The third-order valence-corrected chi connectivity index (χ3v) is 4.46. The number of carbonyl (C=O) groups excluding carboxylic acids is 3. The van der Waals surface area contributed by atoms with E-state index in [1.54, 1.807) is 18.2 Å². The number of ketones is 1. The lowest BCUT2D eigenvalue weighted by atomic mass is 9.77. The Morgan fingerprint density at radius 1 is 1.22 bits per heavy atom. The van der Waals surface area contributed by atoms with Crippen LogP contribution in [0.5, 0.6) is 11.5 Å². The highest BCUT2D eigenvalue weighted by Crippen LogP contribution is 2.37. The summed E-state index contributed by atoms with van der Waals surface area (Å²) in [5.74, 6) is 0.298. The van der Waals surface area contributed by atoms with Crippen LogP contribution in [-0.4, -0.2) is 48.9 Å². The van der Waals surface area contributed by atoms with Crippen LogP contribution >= 0.6 is 0 Å². The Hall–Kier alpha value is -2.57. The van der Waals surface area contributed by atoms with Crippen molar-refractivity contribution in [1.29, 1.82) is 0 Å². The van der Waals surface area contributed by atoms with Crippen LogP contribution in [0.4, 0.5) is 4.79 Å². The van der Waals surface area contributed by atoms with Gasteiger partial charge in [-0.25, -0.2) is 4.79 Å². The van der Waals surface area contributed by atoms with Crippen LogP contribution in [0, 0.1) is 0 Å². The van der Waals surface area contributed by atoms with Crippen molar-refractivity contribution >= 4 is 17.7 Å².